The fourth-order valence-electron chi connectivity index (χ4n) is 2.96. The smallest absolute Gasteiger partial charge is 0.247 e. The summed E-state index contributed by atoms with van der Waals surface area (Å²) in [6.07, 6.45) is 4.61. The molecule has 1 N–H and O–H groups in total. The maximum Gasteiger partial charge on any atom is 0.247 e. The van der Waals surface area contributed by atoms with Crippen LogP contribution in [0, 0.1) is 5.92 Å². The second-order valence-corrected chi connectivity index (χ2v) is 5.08. The van der Waals surface area contributed by atoms with Gasteiger partial charge in [-0.25, -0.2) is 4.98 Å². The van der Waals surface area contributed by atoms with Crippen molar-refractivity contribution in [2.24, 2.45) is 5.92 Å². The van der Waals surface area contributed by atoms with Crippen molar-refractivity contribution in [2.45, 2.75) is 32.2 Å². The molecule has 0 spiro atoms. The number of amides is 1. The molecule has 3 heterocycles. The van der Waals surface area contributed by atoms with Gasteiger partial charge in [-0.05, 0) is 18.8 Å². The molecule has 6 heteroatoms. The van der Waals surface area contributed by atoms with Gasteiger partial charge < -0.3 is 15.0 Å². The summed E-state index contributed by atoms with van der Waals surface area (Å²) in [6, 6.07) is -0.106. The minimum absolute atomic E-state index is 0.0266. The number of carbonyl (C=O) groups is 1. The number of piperidine rings is 1. The van der Waals surface area contributed by atoms with Crippen molar-refractivity contribution in [3.63, 3.8) is 0 Å². The third-order valence-corrected chi connectivity index (χ3v) is 4.10. The first-order chi connectivity index (χ1) is 9.24. The van der Waals surface area contributed by atoms with E-state index in [1.165, 1.54) is 6.33 Å². The average molecular weight is 262 g/mol. The summed E-state index contributed by atoms with van der Waals surface area (Å²) < 4.78 is 5.19. The lowest BCUT2D eigenvalue weighted by Gasteiger charge is -2.42. The predicted molar refractivity (Wildman–Crippen MR) is 71.4 cm³/mol. The third-order valence-electron chi connectivity index (χ3n) is 4.10. The average Bonchev–Trinajstić information content (AvgIpc) is 2.46. The van der Waals surface area contributed by atoms with Crippen molar-refractivity contribution in [3.05, 3.63) is 6.33 Å². The maximum absolute atomic E-state index is 12.3. The van der Waals surface area contributed by atoms with E-state index in [9.17, 15) is 4.79 Å². The summed E-state index contributed by atoms with van der Waals surface area (Å²) in [6.45, 7) is 3.05. The molecule has 2 aliphatic heterocycles. The monoisotopic (exact) mass is 262 g/mol. The van der Waals surface area contributed by atoms with Gasteiger partial charge in [-0.2, -0.15) is 4.98 Å². The van der Waals surface area contributed by atoms with Gasteiger partial charge in [0.2, 0.25) is 11.8 Å². The molecule has 1 saturated heterocycles. The molecule has 2 aliphatic rings. The Labute approximate surface area is 112 Å². The van der Waals surface area contributed by atoms with Crippen LogP contribution in [0.2, 0.25) is 0 Å². The molecular formula is C13H18N4O2. The van der Waals surface area contributed by atoms with Crippen LogP contribution < -0.4 is 15.0 Å². The normalized spacial score (nSPS) is 25.4. The molecule has 0 radical (unpaired) electrons. The fraction of sp³-hybridized carbons (Fsp3) is 0.615. The van der Waals surface area contributed by atoms with Crippen LogP contribution in [0.1, 0.15) is 26.2 Å². The van der Waals surface area contributed by atoms with E-state index in [0.29, 0.717) is 17.5 Å². The van der Waals surface area contributed by atoms with Gasteiger partial charge in [0.25, 0.3) is 0 Å². The molecule has 1 fully saturated rings. The van der Waals surface area contributed by atoms with Crippen LogP contribution in [0.4, 0.5) is 11.5 Å². The number of hydrogen-bond donors (Lipinski definition) is 1. The predicted octanol–water partition coefficient (Wildman–Crippen LogP) is 1.43. The third kappa shape index (κ3) is 1.91. The van der Waals surface area contributed by atoms with Gasteiger partial charge in [-0.3, -0.25) is 4.79 Å². The Balaban J connectivity index is 1.98. The number of nitrogens with one attached hydrogen (secondary N) is 1. The number of carbonyl (C=O) groups excluding carboxylic acids is 1. The van der Waals surface area contributed by atoms with E-state index in [1.54, 1.807) is 7.11 Å². The second-order valence-electron chi connectivity index (χ2n) is 5.08. The number of rotatable bonds is 2. The largest absolute Gasteiger partial charge is 0.479 e. The van der Waals surface area contributed by atoms with Crippen LogP contribution in [0.5, 0.6) is 5.88 Å². The molecule has 0 aromatic carbocycles. The van der Waals surface area contributed by atoms with Gasteiger partial charge in [-0.15, -0.1) is 0 Å². The molecule has 3 rings (SSSR count). The zero-order valence-corrected chi connectivity index (χ0v) is 11.2. The Kier molecular flexibility index (Phi) is 3.00. The van der Waals surface area contributed by atoms with Crippen molar-refractivity contribution >= 4 is 17.4 Å². The van der Waals surface area contributed by atoms with Gasteiger partial charge in [0.05, 0.1) is 7.11 Å². The SMILES string of the molecule is CCC1CCN2c3ncnc(OC)c3NC(=O)C2C1. The van der Waals surface area contributed by atoms with Gasteiger partial charge in [-0.1, -0.05) is 13.3 Å². The summed E-state index contributed by atoms with van der Waals surface area (Å²) in [7, 11) is 1.55. The molecule has 2 atom stereocenters. The molecular weight excluding hydrogens is 244 g/mol. The molecule has 1 aromatic heterocycles. The molecule has 0 saturated carbocycles. The number of fused-ring (bicyclic) bond motifs is 3. The minimum Gasteiger partial charge on any atom is -0.479 e. The van der Waals surface area contributed by atoms with E-state index in [1.807, 2.05) is 0 Å². The Morgan fingerprint density at radius 2 is 2.37 bits per heavy atom. The van der Waals surface area contributed by atoms with E-state index >= 15 is 0 Å². The van der Waals surface area contributed by atoms with Gasteiger partial charge in [0.1, 0.15) is 18.1 Å². The Bertz CT molecular complexity index is 505. The maximum atomic E-state index is 12.3. The first-order valence-electron chi connectivity index (χ1n) is 6.71. The van der Waals surface area contributed by atoms with Gasteiger partial charge in [0.15, 0.2) is 5.82 Å². The van der Waals surface area contributed by atoms with Gasteiger partial charge in [0, 0.05) is 6.54 Å². The van der Waals surface area contributed by atoms with Crippen molar-refractivity contribution in [1.82, 2.24) is 9.97 Å². The zero-order valence-electron chi connectivity index (χ0n) is 11.2. The first-order valence-corrected chi connectivity index (χ1v) is 6.71. The standard InChI is InChI=1S/C13H18N4O2/c1-3-8-4-5-17-9(6-8)12(18)16-10-11(17)14-7-15-13(10)19-2/h7-9H,3-6H2,1-2H3,(H,16,18). The second kappa shape index (κ2) is 4.68. The lowest BCUT2D eigenvalue weighted by molar-refractivity contribution is -0.118. The topological polar surface area (TPSA) is 67.3 Å². The van der Waals surface area contributed by atoms with Crippen molar-refractivity contribution < 1.29 is 9.53 Å². The summed E-state index contributed by atoms with van der Waals surface area (Å²) in [5, 5.41) is 2.89. The van der Waals surface area contributed by atoms with Crippen LogP contribution in [-0.2, 0) is 4.79 Å². The summed E-state index contributed by atoms with van der Waals surface area (Å²) >= 11 is 0. The highest BCUT2D eigenvalue weighted by Crippen LogP contribution is 2.39. The fourth-order valence-corrected chi connectivity index (χ4v) is 2.96. The lowest BCUT2D eigenvalue weighted by Crippen LogP contribution is -2.53. The highest BCUT2D eigenvalue weighted by molar-refractivity contribution is 6.04. The number of methoxy groups -OCH3 is 1. The Hall–Kier alpha value is -1.85. The van der Waals surface area contributed by atoms with Crippen LogP contribution in [-0.4, -0.2) is 35.6 Å². The van der Waals surface area contributed by atoms with E-state index < -0.39 is 0 Å². The number of nitrogens with zero attached hydrogens (tertiary/aromatic N) is 3. The highest BCUT2D eigenvalue weighted by atomic mass is 16.5. The summed E-state index contributed by atoms with van der Waals surface area (Å²) in [5.74, 6) is 1.86. The number of anilines is 2. The van der Waals surface area contributed by atoms with Crippen molar-refractivity contribution in [3.8, 4) is 5.88 Å². The molecule has 6 nitrogen and oxygen atoms in total. The number of ether oxygens (including phenoxy) is 1. The van der Waals surface area contributed by atoms with E-state index in [0.717, 1.165) is 31.6 Å². The highest BCUT2D eigenvalue weighted by Gasteiger charge is 2.39. The van der Waals surface area contributed by atoms with E-state index in [2.05, 4.69) is 27.1 Å². The molecule has 1 amide bonds. The molecule has 0 aliphatic carbocycles. The summed E-state index contributed by atoms with van der Waals surface area (Å²) in [4.78, 5) is 22.7. The molecule has 19 heavy (non-hydrogen) atoms. The Morgan fingerprint density at radius 3 is 3.11 bits per heavy atom. The van der Waals surface area contributed by atoms with Crippen LogP contribution >= 0.6 is 0 Å². The first kappa shape index (κ1) is 12.2. The van der Waals surface area contributed by atoms with Crippen LogP contribution in [0.3, 0.4) is 0 Å². The summed E-state index contributed by atoms with van der Waals surface area (Å²) in [5.41, 5.74) is 0.598. The van der Waals surface area contributed by atoms with Crippen LogP contribution in [0.15, 0.2) is 6.33 Å². The molecule has 102 valence electrons. The zero-order chi connectivity index (χ0) is 13.4. The van der Waals surface area contributed by atoms with Crippen LogP contribution in [0.25, 0.3) is 0 Å². The van der Waals surface area contributed by atoms with E-state index in [-0.39, 0.29) is 11.9 Å². The molecule has 2 unspecified atom stereocenters. The van der Waals surface area contributed by atoms with Gasteiger partial charge >= 0.3 is 0 Å². The van der Waals surface area contributed by atoms with Crippen molar-refractivity contribution in [1.29, 1.82) is 0 Å². The Morgan fingerprint density at radius 1 is 1.53 bits per heavy atom. The molecule has 1 aromatic rings. The quantitative estimate of drug-likeness (QED) is 0.873. The van der Waals surface area contributed by atoms with Crippen molar-refractivity contribution in [2.75, 3.05) is 23.9 Å². The number of aromatic nitrogens is 2. The lowest BCUT2D eigenvalue weighted by atomic mass is 9.87. The minimum atomic E-state index is -0.106. The molecule has 0 bridgehead atoms. The van der Waals surface area contributed by atoms with E-state index in [4.69, 9.17) is 4.74 Å². The number of hydrogen-bond acceptors (Lipinski definition) is 5.